The summed E-state index contributed by atoms with van der Waals surface area (Å²) < 4.78 is 0. The highest BCUT2D eigenvalue weighted by molar-refractivity contribution is 8.00. The topological polar surface area (TPSA) is 40.5 Å². The second-order valence-electron chi connectivity index (χ2n) is 4.61. The minimum Gasteiger partial charge on any atom is -0.386 e. The average Bonchev–Trinajstić information content (AvgIpc) is 2.26. The van der Waals surface area contributed by atoms with E-state index in [4.69, 9.17) is 23.2 Å². The molecule has 0 spiro atoms. The normalized spacial score (nSPS) is 17.4. The largest absolute Gasteiger partial charge is 0.386 e. The van der Waals surface area contributed by atoms with Crippen molar-refractivity contribution in [3.05, 3.63) is 28.2 Å². The number of carbonyl (C=O) groups excluding carboxylic acids is 1. The zero-order valence-electron chi connectivity index (χ0n) is 9.82. The smallest absolute Gasteiger partial charge is 0.233 e. The molecule has 1 heterocycles. The van der Waals surface area contributed by atoms with Crippen LogP contribution in [-0.2, 0) is 4.79 Å². The molecule has 0 saturated carbocycles. The van der Waals surface area contributed by atoms with Crippen LogP contribution in [0.4, 0.5) is 0 Å². The van der Waals surface area contributed by atoms with Crippen LogP contribution in [-0.4, -0.2) is 40.4 Å². The van der Waals surface area contributed by atoms with Crippen LogP contribution in [0, 0.1) is 0 Å². The van der Waals surface area contributed by atoms with Crippen molar-refractivity contribution < 1.29 is 9.90 Å². The highest BCUT2D eigenvalue weighted by atomic mass is 35.5. The number of carbonyl (C=O) groups is 1. The maximum Gasteiger partial charge on any atom is 0.233 e. The lowest BCUT2D eigenvalue weighted by Gasteiger charge is -2.44. The van der Waals surface area contributed by atoms with Gasteiger partial charge in [-0.2, -0.15) is 0 Å². The van der Waals surface area contributed by atoms with Crippen molar-refractivity contribution in [2.24, 2.45) is 0 Å². The molecule has 3 nitrogen and oxygen atoms in total. The third-order valence-corrected chi connectivity index (χ3v) is 4.38. The number of rotatable bonds is 3. The summed E-state index contributed by atoms with van der Waals surface area (Å²) in [6.07, 6.45) is 0. The van der Waals surface area contributed by atoms with Crippen LogP contribution in [0.15, 0.2) is 23.1 Å². The number of benzene rings is 1. The number of hydrogen-bond donors (Lipinski definition) is 1. The van der Waals surface area contributed by atoms with E-state index < -0.39 is 5.60 Å². The Bertz CT molecular complexity index is 471. The summed E-state index contributed by atoms with van der Waals surface area (Å²) in [6.45, 7) is 2.52. The molecule has 0 bridgehead atoms. The molecule has 2 rings (SSSR count). The van der Waals surface area contributed by atoms with Crippen molar-refractivity contribution in [3.63, 3.8) is 0 Å². The standard InChI is InChI=1S/C12H13Cl2NO2S/c1-12(17)6-15(7-12)11(16)5-18-10-4-8(13)2-3-9(10)14/h2-4,17H,5-7H2,1H3. The van der Waals surface area contributed by atoms with Crippen molar-refractivity contribution in [2.75, 3.05) is 18.8 Å². The van der Waals surface area contributed by atoms with E-state index in [9.17, 15) is 9.90 Å². The van der Waals surface area contributed by atoms with Crippen LogP contribution in [0.2, 0.25) is 10.0 Å². The Morgan fingerprint density at radius 1 is 1.50 bits per heavy atom. The van der Waals surface area contributed by atoms with E-state index >= 15 is 0 Å². The van der Waals surface area contributed by atoms with Gasteiger partial charge in [-0.3, -0.25) is 4.79 Å². The fourth-order valence-corrected chi connectivity index (χ4v) is 3.17. The number of halogens is 2. The van der Waals surface area contributed by atoms with Gasteiger partial charge in [0, 0.05) is 9.92 Å². The summed E-state index contributed by atoms with van der Waals surface area (Å²) >= 11 is 13.2. The van der Waals surface area contributed by atoms with Gasteiger partial charge in [0.2, 0.25) is 5.91 Å². The molecule has 18 heavy (non-hydrogen) atoms. The molecule has 98 valence electrons. The highest BCUT2D eigenvalue weighted by Gasteiger charge is 2.39. The molecular weight excluding hydrogens is 293 g/mol. The number of β-amino-alcohol motifs (C(OH)–C–C–N with tert-alkyl or cyclic N) is 1. The van der Waals surface area contributed by atoms with E-state index in [0.717, 1.165) is 4.90 Å². The van der Waals surface area contributed by atoms with Gasteiger partial charge in [0.1, 0.15) is 0 Å². The predicted octanol–water partition coefficient (Wildman–Crippen LogP) is 2.68. The first-order valence-electron chi connectivity index (χ1n) is 5.45. The number of hydrogen-bond acceptors (Lipinski definition) is 3. The quantitative estimate of drug-likeness (QED) is 0.873. The molecule has 1 aliphatic heterocycles. The van der Waals surface area contributed by atoms with Crippen molar-refractivity contribution >= 4 is 40.9 Å². The van der Waals surface area contributed by atoms with Gasteiger partial charge in [-0.15, -0.1) is 11.8 Å². The molecule has 0 aromatic heterocycles. The molecule has 1 amide bonds. The molecule has 0 unspecified atom stereocenters. The SMILES string of the molecule is CC1(O)CN(C(=O)CSc2cc(Cl)ccc2Cl)C1. The Morgan fingerprint density at radius 2 is 2.17 bits per heavy atom. The lowest BCUT2D eigenvalue weighted by molar-refractivity contribution is -0.149. The van der Waals surface area contributed by atoms with Crippen LogP contribution < -0.4 is 0 Å². The summed E-state index contributed by atoms with van der Waals surface area (Å²) in [7, 11) is 0. The molecule has 1 aromatic carbocycles. The molecule has 0 radical (unpaired) electrons. The fraction of sp³-hybridized carbons (Fsp3) is 0.417. The molecule has 0 aliphatic carbocycles. The van der Waals surface area contributed by atoms with E-state index in [-0.39, 0.29) is 5.91 Å². The number of thioether (sulfide) groups is 1. The number of amides is 1. The van der Waals surface area contributed by atoms with Crippen LogP contribution in [0.1, 0.15) is 6.92 Å². The van der Waals surface area contributed by atoms with E-state index in [1.165, 1.54) is 11.8 Å². The molecule has 1 saturated heterocycles. The lowest BCUT2D eigenvalue weighted by Crippen LogP contribution is -2.62. The van der Waals surface area contributed by atoms with Crippen molar-refractivity contribution in [3.8, 4) is 0 Å². The Morgan fingerprint density at radius 3 is 2.78 bits per heavy atom. The van der Waals surface area contributed by atoms with Crippen LogP contribution in [0.25, 0.3) is 0 Å². The number of nitrogens with zero attached hydrogens (tertiary/aromatic N) is 1. The fourth-order valence-electron chi connectivity index (χ4n) is 1.77. The maximum atomic E-state index is 11.8. The summed E-state index contributed by atoms with van der Waals surface area (Å²) in [5.74, 6) is 0.304. The van der Waals surface area contributed by atoms with Gasteiger partial charge in [0.05, 0.1) is 29.5 Å². The summed E-state index contributed by atoms with van der Waals surface area (Å²) in [4.78, 5) is 14.2. The van der Waals surface area contributed by atoms with Gasteiger partial charge in [0.25, 0.3) is 0 Å². The first-order valence-corrected chi connectivity index (χ1v) is 7.19. The summed E-state index contributed by atoms with van der Waals surface area (Å²) in [5, 5.41) is 10.7. The summed E-state index contributed by atoms with van der Waals surface area (Å²) in [6, 6.07) is 5.17. The molecule has 1 fully saturated rings. The molecule has 1 aliphatic rings. The highest BCUT2D eigenvalue weighted by Crippen LogP contribution is 2.30. The minimum atomic E-state index is -0.728. The zero-order valence-corrected chi connectivity index (χ0v) is 12.1. The zero-order chi connectivity index (χ0) is 13.3. The van der Waals surface area contributed by atoms with Gasteiger partial charge >= 0.3 is 0 Å². The van der Waals surface area contributed by atoms with E-state index in [2.05, 4.69) is 0 Å². The second-order valence-corrected chi connectivity index (χ2v) is 6.47. The number of aliphatic hydroxyl groups is 1. The Kier molecular flexibility index (Phi) is 4.11. The Hall–Kier alpha value is -0.420. The van der Waals surface area contributed by atoms with E-state index in [1.807, 2.05) is 0 Å². The molecule has 1 aromatic rings. The average molecular weight is 306 g/mol. The van der Waals surface area contributed by atoms with E-state index in [0.29, 0.717) is 28.9 Å². The number of likely N-dealkylation sites (tertiary alicyclic amines) is 1. The Balaban J connectivity index is 1.88. The first kappa shape index (κ1) is 14.0. The third kappa shape index (κ3) is 3.32. The van der Waals surface area contributed by atoms with Gasteiger partial charge in [0.15, 0.2) is 0 Å². The van der Waals surface area contributed by atoms with Gasteiger partial charge in [-0.1, -0.05) is 23.2 Å². The molecule has 6 heteroatoms. The van der Waals surface area contributed by atoms with Gasteiger partial charge in [-0.05, 0) is 25.1 Å². The maximum absolute atomic E-state index is 11.8. The van der Waals surface area contributed by atoms with Crippen molar-refractivity contribution in [1.82, 2.24) is 4.90 Å². The second kappa shape index (κ2) is 5.29. The molecular formula is C12H13Cl2NO2S. The van der Waals surface area contributed by atoms with E-state index in [1.54, 1.807) is 30.0 Å². The molecule has 0 atom stereocenters. The lowest BCUT2D eigenvalue weighted by atomic mass is 9.97. The van der Waals surface area contributed by atoms with Gasteiger partial charge in [-0.25, -0.2) is 0 Å². The third-order valence-electron chi connectivity index (χ3n) is 2.66. The van der Waals surface area contributed by atoms with Gasteiger partial charge < -0.3 is 10.0 Å². The first-order chi connectivity index (χ1) is 8.37. The predicted molar refractivity (Wildman–Crippen MR) is 74.4 cm³/mol. The van der Waals surface area contributed by atoms with Crippen LogP contribution >= 0.6 is 35.0 Å². The summed E-state index contributed by atoms with van der Waals surface area (Å²) in [5.41, 5.74) is -0.728. The van der Waals surface area contributed by atoms with Crippen LogP contribution in [0.3, 0.4) is 0 Å². The minimum absolute atomic E-state index is 0.00238. The van der Waals surface area contributed by atoms with Crippen molar-refractivity contribution in [1.29, 1.82) is 0 Å². The van der Waals surface area contributed by atoms with Crippen LogP contribution in [0.5, 0.6) is 0 Å². The Labute approximate surface area is 120 Å². The van der Waals surface area contributed by atoms with Crippen molar-refractivity contribution in [2.45, 2.75) is 17.4 Å². The molecule has 1 N–H and O–H groups in total. The monoisotopic (exact) mass is 305 g/mol.